The fraction of sp³-hybridized carbons (Fsp3) is 0.154. The first kappa shape index (κ1) is 20.3. The number of pyridine rings is 1. The molecule has 3 aromatic heterocycles. The van der Waals surface area contributed by atoms with Crippen LogP contribution in [0.25, 0.3) is 33.4 Å². The van der Waals surface area contributed by atoms with Crippen LogP contribution in [0.15, 0.2) is 73.3 Å². The van der Waals surface area contributed by atoms with Crippen molar-refractivity contribution in [2.45, 2.75) is 13.2 Å². The summed E-state index contributed by atoms with van der Waals surface area (Å²) in [6.07, 6.45) is 5.10. The highest BCUT2D eigenvalue weighted by molar-refractivity contribution is 5.85. The van der Waals surface area contributed by atoms with E-state index in [1.165, 1.54) is 0 Å². The predicted octanol–water partition coefficient (Wildman–Crippen LogP) is 3.97. The summed E-state index contributed by atoms with van der Waals surface area (Å²) in [4.78, 5) is 22.9. The van der Waals surface area contributed by atoms with Crippen LogP contribution in [0.3, 0.4) is 0 Å². The second-order valence-corrected chi connectivity index (χ2v) is 8.14. The zero-order valence-electron chi connectivity index (χ0n) is 18.3. The van der Waals surface area contributed by atoms with E-state index in [4.69, 9.17) is 4.74 Å². The average Bonchev–Trinajstić information content (AvgIpc) is 3.28. The molecule has 0 atom stereocenters. The summed E-state index contributed by atoms with van der Waals surface area (Å²) in [6, 6.07) is 18.4. The van der Waals surface area contributed by atoms with Gasteiger partial charge >= 0.3 is 0 Å². The van der Waals surface area contributed by atoms with Crippen LogP contribution >= 0.6 is 0 Å². The van der Waals surface area contributed by atoms with E-state index < -0.39 is 0 Å². The maximum atomic E-state index is 9.23. The molecule has 0 unspecified atom stereocenters. The van der Waals surface area contributed by atoms with Gasteiger partial charge < -0.3 is 19.7 Å². The van der Waals surface area contributed by atoms with Gasteiger partial charge in [-0.2, -0.15) is 0 Å². The van der Waals surface area contributed by atoms with Crippen molar-refractivity contribution in [3.05, 3.63) is 84.7 Å². The number of anilines is 1. The van der Waals surface area contributed by atoms with Crippen molar-refractivity contribution in [3.63, 3.8) is 0 Å². The van der Waals surface area contributed by atoms with Gasteiger partial charge in [0.2, 0.25) is 0 Å². The van der Waals surface area contributed by atoms with Crippen LogP contribution in [0.4, 0.5) is 5.82 Å². The SMILES string of the molecule is OCc1ncc(-c2ccc(-c3ccc4c(c3)CN(c3ncnc5cccnc35)CCO4)cc2)[nH]1. The van der Waals surface area contributed by atoms with E-state index in [2.05, 4.69) is 66.2 Å². The van der Waals surface area contributed by atoms with Crippen molar-refractivity contribution in [2.75, 3.05) is 18.1 Å². The van der Waals surface area contributed by atoms with Gasteiger partial charge in [0, 0.05) is 18.3 Å². The van der Waals surface area contributed by atoms with Crippen LogP contribution in [0.5, 0.6) is 5.75 Å². The quantitative estimate of drug-likeness (QED) is 0.427. The molecular weight excluding hydrogens is 428 g/mol. The molecule has 0 saturated carbocycles. The van der Waals surface area contributed by atoms with Crippen molar-refractivity contribution < 1.29 is 9.84 Å². The summed E-state index contributed by atoms with van der Waals surface area (Å²) < 4.78 is 6.06. The van der Waals surface area contributed by atoms with Gasteiger partial charge in [-0.3, -0.25) is 4.98 Å². The number of aliphatic hydroxyl groups is 1. The second-order valence-electron chi connectivity index (χ2n) is 8.14. The van der Waals surface area contributed by atoms with Crippen molar-refractivity contribution in [1.29, 1.82) is 0 Å². The number of aromatic nitrogens is 5. The number of fused-ring (bicyclic) bond motifs is 2. The molecule has 8 heteroatoms. The summed E-state index contributed by atoms with van der Waals surface area (Å²) in [5.74, 6) is 2.27. The molecule has 0 aliphatic carbocycles. The smallest absolute Gasteiger partial charge is 0.159 e. The third kappa shape index (κ3) is 3.74. The van der Waals surface area contributed by atoms with E-state index in [0.29, 0.717) is 25.5 Å². The van der Waals surface area contributed by atoms with Gasteiger partial charge in [0.1, 0.15) is 36.6 Å². The van der Waals surface area contributed by atoms with Crippen LogP contribution in [0.2, 0.25) is 0 Å². The molecule has 0 fully saturated rings. The lowest BCUT2D eigenvalue weighted by Gasteiger charge is -2.21. The maximum absolute atomic E-state index is 9.23. The zero-order valence-corrected chi connectivity index (χ0v) is 18.3. The van der Waals surface area contributed by atoms with E-state index in [1.807, 2.05) is 18.2 Å². The number of hydrogen-bond acceptors (Lipinski definition) is 7. The number of imidazole rings is 1. The monoisotopic (exact) mass is 450 g/mol. The Morgan fingerprint density at radius 1 is 0.941 bits per heavy atom. The van der Waals surface area contributed by atoms with E-state index >= 15 is 0 Å². The first-order chi connectivity index (χ1) is 16.8. The van der Waals surface area contributed by atoms with Gasteiger partial charge in [0.15, 0.2) is 5.82 Å². The molecule has 168 valence electrons. The first-order valence-corrected chi connectivity index (χ1v) is 11.1. The molecule has 8 nitrogen and oxygen atoms in total. The summed E-state index contributed by atoms with van der Waals surface area (Å²) in [5, 5.41) is 9.23. The number of benzene rings is 2. The van der Waals surface area contributed by atoms with Gasteiger partial charge in [-0.1, -0.05) is 30.3 Å². The lowest BCUT2D eigenvalue weighted by Crippen LogP contribution is -2.26. The molecule has 4 heterocycles. The number of ether oxygens (including phenoxy) is 1. The molecule has 5 aromatic rings. The Morgan fingerprint density at radius 2 is 1.79 bits per heavy atom. The van der Waals surface area contributed by atoms with Gasteiger partial charge in [-0.15, -0.1) is 0 Å². The Labute approximate surface area is 195 Å². The molecule has 34 heavy (non-hydrogen) atoms. The van der Waals surface area contributed by atoms with E-state index in [0.717, 1.165) is 50.5 Å². The standard InChI is InChI=1S/C26H22N6O2/c33-15-24-28-13-22(31-24)18-5-3-17(4-6-18)19-7-8-23-20(12-19)14-32(10-11-34-23)26-25-21(29-16-30-26)2-1-9-27-25/h1-9,12-13,16,33H,10-11,14-15H2,(H,28,31). The Balaban J connectivity index is 1.31. The average molecular weight is 451 g/mol. The predicted molar refractivity (Wildman–Crippen MR) is 129 cm³/mol. The number of nitrogens with one attached hydrogen (secondary N) is 1. The fourth-order valence-electron chi connectivity index (χ4n) is 4.30. The molecular formula is C26H22N6O2. The Kier molecular flexibility index (Phi) is 5.12. The molecule has 0 amide bonds. The molecule has 6 rings (SSSR count). The molecule has 0 spiro atoms. The topological polar surface area (TPSA) is 100 Å². The molecule has 0 bridgehead atoms. The fourth-order valence-corrected chi connectivity index (χ4v) is 4.30. The van der Waals surface area contributed by atoms with Gasteiger partial charge in [0.05, 0.1) is 24.0 Å². The van der Waals surface area contributed by atoms with E-state index in [-0.39, 0.29) is 6.61 Å². The van der Waals surface area contributed by atoms with Crippen molar-refractivity contribution in [2.24, 2.45) is 0 Å². The number of H-pyrrole nitrogens is 1. The summed E-state index contributed by atoms with van der Waals surface area (Å²) in [7, 11) is 0. The van der Waals surface area contributed by atoms with E-state index in [1.54, 1.807) is 18.7 Å². The van der Waals surface area contributed by atoms with Crippen molar-refractivity contribution in [3.8, 4) is 28.1 Å². The number of nitrogens with zero attached hydrogens (tertiary/aromatic N) is 5. The minimum absolute atomic E-state index is 0.104. The normalized spacial score (nSPS) is 13.4. The number of rotatable bonds is 4. The number of aliphatic hydroxyl groups excluding tert-OH is 1. The number of aromatic amines is 1. The minimum atomic E-state index is -0.104. The third-order valence-corrected chi connectivity index (χ3v) is 6.02. The van der Waals surface area contributed by atoms with Gasteiger partial charge in [-0.25, -0.2) is 15.0 Å². The summed E-state index contributed by atoms with van der Waals surface area (Å²) in [6.45, 7) is 1.84. The summed E-state index contributed by atoms with van der Waals surface area (Å²) in [5.41, 5.74) is 6.84. The third-order valence-electron chi connectivity index (χ3n) is 6.02. The zero-order chi connectivity index (χ0) is 22.9. The van der Waals surface area contributed by atoms with Crippen LogP contribution < -0.4 is 9.64 Å². The molecule has 1 aliphatic rings. The van der Waals surface area contributed by atoms with Gasteiger partial charge in [-0.05, 0) is 41.0 Å². The number of hydrogen-bond donors (Lipinski definition) is 2. The Morgan fingerprint density at radius 3 is 2.65 bits per heavy atom. The van der Waals surface area contributed by atoms with Crippen LogP contribution in [0, 0.1) is 0 Å². The Bertz CT molecular complexity index is 1460. The van der Waals surface area contributed by atoms with Crippen LogP contribution in [-0.4, -0.2) is 43.2 Å². The Hall–Kier alpha value is -4.30. The molecule has 0 radical (unpaired) electrons. The minimum Gasteiger partial charge on any atom is -0.491 e. The molecule has 2 N–H and O–H groups in total. The van der Waals surface area contributed by atoms with Gasteiger partial charge in [0.25, 0.3) is 0 Å². The lowest BCUT2D eigenvalue weighted by atomic mass is 10.0. The summed E-state index contributed by atoms with van der Waals surface area (Å²) >= 11 is 0. The van der Waals surface area contributed by atoms with E-state index in [9.17, 15) is 5.11 Å². The highest BCUT2D eigenvalue weighted by Crippen LogP contribution is 2.32. The van der Waals surface area contributed by atoms with Crippen molar-refractivity contribution in [1.82, 2.24) is 24.9 Å². The van der Waals surface area contributed by atoms with Crippen LogP contribution in [-0.2, 0) is 13.2 Å². The highest BCUT2D eigenvalue weighted by atomic mass is 16.5. The molecule has 0 saturated heterocycles. The second kappa shape index (κ2) is 8.57. The maximum Gasteiger partial charge on any atom is 0.159 e. The largest absolute Gasteiger partial charge is 0.491 e. The molecule has 1 aliphatic heterocycles. The van der Waals surface area contributed by atoms with Crippen LogP contribution in [0.1, 0.15) is 11.4 Å². The molecule has 2 aromatic carbocycles. The highest BCUT2D eigenvalue weighted by Gasteiger charge is 2.20. The first-order valence-electron chi connectivity index (χ1n) is 11.1. The van der Waals surface area contributed by atoms with Crippen molar-refractivity contribution >= 4 is 16.9 Å². The lowest BCUT2D eigenvalue weighted by molar-refractivity contribution is 0.272.